The number of rotatable bonds is 11. The van der Waals surface area contributed by atoms with Crippen molar-refractivity contribution < 1.29 is 28.8 Å². The molecule has 5 rings (SSSR count). The lowest BCUT2D eigenvalue weighted by atomic mass is 9.83. The molecule has 0 spiro atoms. The Morgan fingerprint density at radius 2 is 2.05 bits per heavy atom. The minimum absolute atomic E-state index is 0.0369. The van der Waals surface area contributed by atoms with Crippen LogP contribution in [-0.2, 0) is 27.9 Å². The number of nitrogens with zero attached hydrogens (tertiary/aromatic N) is 4. The molecule has 0 saturated carbocycles. The summed E-state index contributed by atoms with van der Waals surface area (Å²) in [6, 6.07) is 9.53. The van der Waals surface area contributed by atoms with Gasteiger partial charge >= 0.3 is 5.97 Å². The number of benzene rings is 1. The lowest BCUT2D eigenvalue weighted by Crippen LogP contribution is -2.46. The van der Waals surface area contributed by atoms with Crippen molar-refractivity contribution in [3.8, 4) is 5.75 Å². The molecule has 1 aromatic heterocycles. The fourth-order valence-electron chi connectivity index (χ4n) is 6.88. The number of carbonyl (C=O) groups is 3. The Balaban J connectivity index is 1.43. The predicted molar refractivity (Wildman–Crippen MR) is 159 cm³/mol. The van der Waals surface area contributed by atoms with Crippen molar-refractivity contribution >= 4 is 23.5 Å². The van der Waals surface area contributed by atoms with Gasteiger partial charge in [0.1, 0.15) is 18.5 Å². The van der Waals surface area contributed by atoms with Crippen LogP contribution in [0.1, 0.15) is 63.5 Å². The number of carboxylic acids is 1. The topological polar surface area (TPSA) is 94.3 Å². The van der Waals surface area contributed by atoms with Gasteiger partial charge in [0, 0.05) is 56.0 Å². The SMILES string of the molecule is CCCCN(C(=O)CN1C[C@H](c2ccc3c(c2)CCO3)[C@@H](C(=O)O)[C@@H]1CCN1CCC(C)(C)C1=O)c1ccc[n+](C)c1. The molecule has 1 aromatic carbocycles. The fraction of sp³-hybridized carbons (Fsp3) is 0.576. The van der Waals surface area contributed by atoms with E-state index >= 15 is 0 Å². The Labute approximate surface area is 249 Å². The molecule has 0 unspecified atom stereocenters. The number of carboxylic acid groups (broad SMARTS) is 1. The lowest BCUT2D eigenvalue weighted by Gasteiger charge is -2.30. The van der Waals surface area contributed by atoms with Crippen molar-refractivity contribution in [2.45, 2.75) is 64.8 Å². The van der Waals surface area contributed by atoms with Gasteiger partial charge in [-0.05, 0) is 42.5 Å². The van der Waals surface area contributed by atoms with Gasteiger partial charge in [-0.25, -0.2) is 4.57 Å². The number of amides is 2. The van der Waals surface area contributed by atoms with Crippen LogP contribution in [0.4, 0.5) is 5.69 Å². The zero-order valence-electron chi connectivity index (χ0n) is 25.4. The van der Waals surface area contributed by atoms with Crippen molar-refractivity contribution in [3.05, 3.63) is 53.9 Å². The monoisotopic (exact) mass is 577 g/mol. The Morgan fingerprint density at radius 1 is 1.24 bits per heavy atom. The second-order valence-corrected chi connectivity index (χ2v) is 12.8. The van der Waals surface area contributed by atoms with Gasteiger partial charge in [-0.2, -0.15) is 0 Å². The predicted octanol–water partition coefficient (Wildman–Crippen LogP) is 3.40. The van der Waals surface area contributed by atoms with E-state index in [0.717, 1.165) is 48.2 Å². The highest BCUT2D eigenvalue weighted by Crippen LogP contribution is 2.41. The number of unbranched alkanes of at least 4 members (excludes halogenated alkanes) is 1. The maximum Gasteiger partial charge on any atom is 0.308 e. The molecule has 2 amide bonds. The number of carbonyl (C=O) groups excluding carboxylic acids is 2. The highest BCUT2D eigenvalue weighted by atomic mass is 16.5. The van der Waals surface area contributed by atoms with Gasteiger partial charge in [0.25, 0.3) is 0 Å². The second kappa shape index (κ2) is 12.4. The summed E-state index contributed by atoms with van der Waals surface area (Å²) in [6.45, 7) is 9.05. The van der Waals surface area contributed by atoms with E-state index in [1.54, 1.807) is 0 Å². The molecule has 42 heavy (non-hydrogen) atoms. The molecule has 0 aliphatic carbocycles. The highest BCUT2D eigenvalue weighted by Gasteiger charge is 2.48. The van der Waals surface area contributed by atoms with Gasteiger partial charge in [-0.1, -0.05) is 39.3 Å². The van der Waals surface area contributed by atoms with Gasteiger partial charge in [-0.15, -0.1) is 0 Å². The minimum Gasteiger partial charge on any atom is -0.493 e. The molecule has 226 valence electrons. The van der Waals surface area contributed by atoms with E-state index in [-0.39, 0.29) is 30.3 Å². The number of hydrogen-bond acceptors (Lipinski definition) is 5. The molecular formula is C33H45N4O5+. The zero-order chi connectivity index (χ0) is 30.0. The van der Waals surface area contributed by atoms with Gasteiger partial charge in [-0.3, -0.25) is 19.3 Å². The first-order valence-electron chi connectivity index (χ1n) is 15.4. The summed E-state index contributed by atoms with van der Waals surface area (Å²) in [6.07, 6.45) is 7.83. The number of pyridine rings is 1. The average molecular weight is 578 g/mol. The molecule has 3 atom stereocenters. The normalized spacial score (nSPS) is 23.2. The molecule has 1 N–H and O–H groups in total. The summed E-state index contributed by atoms with van der Waals surface area (Å²) in [5.41, 5.74) is 2.53. The van der Waals surface area contributed by atoms with E-state index in [9.17, 15) is 19.5 Å². The molecule has 2 aromatic rings. The Morgan fingerprint density at radius 3 is 2.74 bits per heavy atom. The molecule has 0 bridgehead atoms. The van der Waals surface area contributed by atoms with Gasteiger partial charge in [0.15, 0.2) is 12.4 Å². The number of likely N-dealkylation sites (tertiary alicyclic amines) is 2. The fourth-order valence-corrected chi connectivity index (χ4v) is 6.88. The van der Waals surface area contributed by atoms with Crippen molar-refractivity contribution in [1.82, 2.24) is 9.80 Å². The number of fused-ring (bicyclic) bond motifs is 1. The Bertz CT molecular complexity index is 1330. The summed E-state index contributed by atoms with van der Waals surface area (Å²) in [5.74, 6) is -0.872. The van der Waals surface area contributed by atoms with E-state index < -0.39 is 17.3 Å². The van der Waals surface area contributed by atoms with E-state index in [1.807, 2.05) is 71.9 Å². The highest BCUT2D eigenvalue weighted by molar-refractivity contribution is 5.94. The van der Waals surface area contributed by atoms with Crippen LogP contribution >= 0.6 is 0 Å². The third-order valence-corrected chi connectivity index (χ3v) is 9.35. The van der Waals surface area contributed by atoms with Crippen LogP contribution in [0.15, 0.2) is 42.7 Å². The van der Waals surface area contributed by atoms with E-state index in [4.69, 9.17) is 4.74 Å². The number of anilines is 1. The van der Waals surface area contributed by atoms with E-state index in [2.05, 4.69) is 17.9 Å². The quantitative estimate of drug-likeness (QED) is 0.412. The van der Waals surface area contributed by atoms with Crippen LogP contribution in [0.5, 0.6) is 5.75 Å². The Kier molecular flexibility index (Phi) is 8.87. The van der Waals surface area contributed by atoms with Gasteiger partial charge in [0.05, 0.1) is 19.1 Å². The summed E-state index contributed by atoms with van der Waals surface area (Å²) >= 11 is 0. The maximum atomic E-state index is 14.0. The standard InChI is InChI=1S/C33H44N4O5/c1-5-6-15-37(25-8-7-14-34(4)20-25)29(38)22-36-21-26(23-9-10-28-24(19-23)12-18-42-28)30(31(39)40)27(36)11-16-35-17-13-33(2,3)32(35)41/h7-10,14,19-20,26-27,30H,5-6,11-13,15-18,21-22H2,1-4H3/p+1/t26-,27+,30-/m1/s1. The van der Waals surface area contributed by atoms with Crippen LogP contribution in [0.2, 0.25) is 0 Å². The third-order valence-electron chi connectivity index (χ3n) is 9.35. The minimum atomic E-state index is -0.859. The number of aromatic nitrogens is 1. The van der Waals surface area contributed by atoms with Crippen LogP contribution < -0.4 is 14.2 Å². The smallest absolute Gasteiger partial charge is 0.308 e. The second-order valence-electron chi connectivity index (χ2n) is 12.8. The van der Waals surface area contributed by atoms with Crippen LogP contribution in [0.25, 0.3) is 0 Å². The first kappa shape index (κ1) is 30.0. The maximum absolute atomic E-state index is 14.0. The van der Waals surface area contributed by atoms with Crippen molar-refractivity contribution in [1.29, 1.82) is 0 Å². The molecular weight excluding hydrogens is 532 g/mol. The lowest BCUT2D eigenvalue weighted by molar-refractivity contribution is -0.670. The molecule has 0 radical (unpaired) electrons. The Hall–Kier alpha value is -3.46. The van der Waals surface area contributed by atoms with E-state index in [0.29, 0.717) is 39.2 Å². The van der Waals surface area contributed by atoms with Crippen LogP contribution in [0, 0.1) is 11.3 Å². The number of hydrogen-bond donors (Lipinski definition) is 1. The first-order valence-corrected chi connectivity index (χ1v) is 15.4. The summed E-state index contributed by atoms with van der Waals surface area (Å²) in [5, 5.41) is 10.6. The molecule has 9 heteroatoms. The van der Waals surface area contributed by atoms with E-state index in [1.165, 1.54) is 0 Å². The average Bonchev–Trinajstić information content (AvgIpc) is 3.63. The molecule has 4 heterocycles. The van der Waals surface area contributed by atoms with Crippen molar-refractivity contribution in [2.75, 3.05) is 44.2 Å². The molecule has 9 nitrogen and oxygen atoms in total. The molecule has 2 fully saturated rings. The zero-order valence-corrected chi connectivity index (χ0v) is 25.4. The largest absolute Gasteiger partial charge is 0.493 e. The van der Waals surface area contributed by atoms with Crippen LogP contribution in [-0.4, -0.2) is 78.1 Å². The first-order chi connectivity index (χ1) is 20.1. The third kappa shape index (κ3) is 6.16. The summed E-state index contributed by atoms with van der Waals surface area (Å²) in [4.78, 5) is 45.7. The van der Waals surface area contributed by atoms with Crippen molar-refractivity contribution in [2.24, 2.45) is 18.4 Å². The number of aliphatic carboxylic acids is 1. The number of ether oxygens (including phenoxy) is 1. The van der Waals surface area contributed by atoms with Gasteiger partial charge in [0.2, 0.25) is 11.8 Å². The summed E-state index contributed by atoms with van der Waals surface area (Å²) in [7, 11) is 1.94. The van der Waals surface area contributed by atoms with Crippen LogP contribution in [0.3, 0.4) is 0 Å². The van der Waals surface area contributed by atoms with Crippen molar-refractivity contribution in [3.63, 3.8) is 0 Å². The molecule has 3 aliphatic heterocycles. The summed E-state index contributed by atoms with van der Waals surface area (Å²) < 4.78 is 7.63. The molecule has 3 aliphatic rings. The molecule has 2 saturated heterocycles. The van der Waals surface area contributed by atoms with Gasteiger partial charge < -0.3 is 19.6 Å². The number of aryl methyl sites for hydroxylation is 1.